The van der Waals surface area contributed by atoms with Crippen LogP contribution in [0.1, 0.15) is 43.4 Å². The van der Waals surface area contributed by atoms with Crippen molar-refractivity contribution in [3.8, 4) is 0 Å². The van der Waals surface area contributed by atoms with E-state index in [9.17, 15) is 4.79 Å². The highest BCUT2D eigenvalue weighted by Crippen LogP contribution is 2.41. The Hall–Kier alpha value is -1.37. The average molecular weight is 214 g/mol. The number of allylic oxidation sites excluding steroid dienone is 1. The zero-order valence-electron chi connectivity index (χ0n) is 9.99. The topological polar surface area (TPSA) is 17.1 Å². The number of carbonyl (C=O) groups is 1. The Labute approximate surface area is 97.2 Å². The van der Waals surface area contributed by atoms with Gasteiger partial charge in [0, 0.05) is 0 Å². The molecule has 0 bridgehead atoms. The van der Waals surface area contributed by atoms with Gasteiger partial charge in [-0.15, -0.1) is 0 Å². The maximum atomic E-state index is 10.3. The molecule has 1 aromatic carbocycles. The maximum Gasteiger partial charge on any atom is 0.142 e. The first-order valence-corrected chi connectivity index (χ1v) is 5.95. The summed E-state index contributed by atoms with van der Waals surface area (Å²) in [6.45, 7) is 4.59. The van der Waals surface area contributed by atoms with E-state index < -0.39 is 0 Å². The molecule has 1 aliphatic rings. The van der Waals surface area contributed by atoms with E-state index in [-0.39, 0.29) is 0 Å². The van der Waals surface area contributed by atoms with Gasteiger partial charge < -0.3 is 0 Å². The second-order valence-corrected chi connectivity index (χ2v) is 4.83. The van der Waals surface area contributed by atoms with Gasteiger partial charge in [0.25, 0.3) is 0 Å². The summed E-state index contributed by atoms with van der Waals surface area (Å²) in [5, 5.41) is 0. The SMILES string of the molecule is CCC1(C)CCc2ccc(C=CC=O)cc21. The van der Waals surface area contributed by atoms with Gasteiger partial charge in [-0.2, -0.15) is 0 Å². The number of aldehydes is 1. The second kappa shape index (κ2) is 4.25. The van der Waals surface area contributed by atoms with Crippen molar-refractivity contribution in [3.63, 3.8) is 0 Å². The third-order valence-corrected chi connectivity index (χ3v) is 3.88. The molecular weight excluding hydrogens is 196 g/mol. The Balaban J connectivity index is 2.41. The van der Waals surface area contributed by atoms with Gasteiger partial charge in [-0.3, -0.25) is 4.79 Å². The molecule has 84 valence electrons. The molecule has 0 amide bonds. The number of hydrogen-bond donors (Lipinski definition) is 0. The first kappa shape index (κ1) is 11.1. The quantitative estimate of drug-likeness (QED) is 0.556. The summed E-state index contributed by atoms with van der Waals surface area (Å²) in [4.78, 5) is 10.3. The molecule has 2 rings (SSSR count). The Morgan fingerprint density at radius 1 is 1.44 bits per heavy atom. The minimum Gasteiger partial charge on any atom is -0.299 e. The van der Waals surface area contributed by atoms with Crippen molar-refractivity contribution < 1.29 is 4.79 Å². The van der Waals surface area contributed by atoms with Crippen LogP contribution in [-0.2, 0) is 16.6 Å². The Morgan fingerprint density at radius 2 is 2.25 bits per heavy atom. The number of aryl methyl sites for hydroxylation is 1. The number of hydrogen-bond acceptors (Lipinski definition) is 1. The first-order valence-electron chi connectivity index (χ1n) is 5.95. The van der Waals surface area contributed by atoms with E-state index in [2.05, 4.69) is 32.0 Å². The highest BCUT2D eigenvalue weighted by molar-refractivity contribution is 5.74. The largest absolute Gasteiger partial charge is 0.299 e. The molecule has 1 aliphatic carbocycles. The first-order chi connectivity index (χ1) is 7.69. The minimum absolute atomic E-state index is 0.334. The standard InChI is InChI=1S/C15H18O/c1-3-15(2)9-8-13-7-6-12(5-4-10-16)11-14(13)15/h4-7,10-11H,3,8-9H2,1-2H3. The second-order valence-electron chi connectivity index (χ2n) is 4.83. The fraction of sp³-hybridized carbons (Fsp3) is 0.400. The molecule has 1 nitrogen and oxygen atoms in total. The maximum absolute atomic E-state index is 10.3. The van der Waals surface area contributed by atoms with Crippen molar-refractivity contribution in [1.29, 1.82) is 0 Å². The van der Waals surface area contributed by atoms with Gasteiger partial charge in [-0.1, -0.05) is 38.1 Å². The number of fused-ring (bicyclic) bond motifs is 1. The third-order valence-electron chi connectivity index (χ3n) is 3.88. The zero-order chi connectivity index (χ0) is 11.6. The van der Waals surface area contributed by atoms with E-state index in [1.54, 1.807) is 6.08 Å². The number of carbonyl (C=O) groups excluding carboxylic acids is 1. The van der Waals surface area contributed by atoms with Crippen LogP contribution in [0.25, 0.3) is 6.08 Å². The van der Waals surface area contributed by atoms with Crippen LogP contribution in [0, 0.1) is 0 Å². The molecule has 0 saturated heterocycles. The van der Waals surface area contributed by atoms with Crippen molar-refractivity contribution in [3.05, 3.63) is 41.0 Å². The molecule has 1 aromatic rings. The molecule has 1 atom stereocenters. The molecule has 0 aliphatic heterocycles. The minimum atomic E-state index is 0.334. The average Bonchev–Trinajstić information content (AvgIpc) is 2.65. The lowest BCUT2D eigenvalue weighted by atomic mass is 9.81. The summed E-state index contributed by atoms with van der Waals surface area (Å²) in [5.74, 6) is 0. The summed E-state index contributed by atoms with van der Waals surface area (Å²) in [7, 11) is 0. The summed E-state index contributed by atoms with van der Waals surface area (Å²) < 4.78 is 0. The van der Waals surface area contributed by atoms with Gasteiger partial charge in [-0.05, 0) is 47.4 Å². The molecule has 0 spiro atoms. The lowest BCUT2D eigenvalue weighted by molar-refractivity contribution is -0.104. The van der Waals surface area contributed by atoms with Crippen LogP contribution in [0.2, 0.25) is 0 Å². The number of rotatable bonds is 3. The van der Waals surface area contributed by atoms with Gasteiger partial charge in [0.05, 0.1) is 0 Å². The highest BCUT2D eigenvalue weighted by Gasteiger charge is 2.32. The molecule has 0 heterocycles. The molecular formula is C15H18O. The van der Waals surface area contributed by atoms with Crippen molar-refractivity contribution >= 4 is 12.4 Å². The van der Waals surface area contributed by atoms with Gasteiger partial charge in [0.1, 0.15) is 6.29 Å². The Kier molecular flexibility index (Phi) is 2.95. The van der Waals surface area contributed by atoms with Crippen molar-refractivity contribution in [2.24, 2.45) is 0 Å². The van der Waals surface area contributed by atoms with E-state index >= 15 is 0 Å². The molecule has 16 heavy (non-hydrogen) atoms. The van der Waals surface area contributed by atoms with E-state index in [1.165, 1.54) is 30.4 Å². The molecule has 0 fully saturated rings. The van der Waals surface area contributed by atoms with E-state index in [1.807, 2.05) is 6.08 Å². The van der Waals surface area contributed by atoms with Crippen LogP contribution >= 0.6 is 0 Å². The van der Waals surface area contributed by atoms with Crippen LogP contribution < -0.4 is 0 Å². The van der Waals surface area contributed by atoms with Gasteiger partial charge in [-0.25, -0.2) is 0 Å². The van der Waals surface area contributed by atoms with Crippen LogP contribution in [0.4, 0.5) is 0 Å². The molecule has 0 saturated carbocycles. The van der Waals surface area contributed by atoms with Crippen LogP contribution in [0.15, 0.2) is 24.3 Å². The zero-order valence-corrected chi connectivity index (χ0v) is 9.99. The lowest BCUT2D eigenvalue weighted by Gasteiger charge is -2.23. The molecule has 1 unspecified atom stereocenters. The van der Waals surface area contributed by atoms with Gasteiger partial charge >= 0.3 is 0 Å². The summed E-state index contributed by atoms with van der Waals surface area (Å²) in [5.41, 5.74) is 4.42. The molecule has 1 heteroatoms. The molecule has 0 radical (unpaired) electrons. The van der Waals surface area contributed by atoms with Crippen molar-refractivity contribution in [2.45, 2.75) is 38.5 Å². The normalized spacial score (nSPS) is 23.6. The fourth-order valence-corrected chi connectivity index (χ4v) is 2.54. The number of benzene rings is 1. The molecule has 0 aromatic heterocycles. The van der Waals surface area contributed by atoms with E-state index in [0.717, 1.165) is 11.8 Å². The highest BCUT2D eigenvalue weighted by atomic mass is 16.1. The summed E-state index contributed by atoms with van der Waals surface area (Å²) >= 11 is 0. The summed E-state index contributed by atoms with van der Waals surface area (Å²) in [6, 6.07) is 6.55. The van der Waals surface area contributed by atoms with Gasteiger partial charge in [0.15, 0.2) is 0 Å². The van der Waals surface area contributed by atoms with Gasteiger partial charge in [0.2, 0.25) is 0 Å². The van der Waals surface area contributed by atoms with Crippen LogP contribution in [-0.4, -0.2) is 6.29 Å². The third kappa shape index (κ3) is 1.82. The van der Waals surface area contributed by atoms with Crippen molar-refractivity contribution in [1.82, 2.24) is 0 Å². The predicted molar refractivity (Wildman–Crippen MR) is 67.5 cm³/mol. The summed E-state index contributed by atoms with van der Waals surface area (Å²) in [6.07, 6.45) is 7.88. The van der Waals surface area contributed by atoms with E-state index in [0.29, 0.717) is 5.41 Å². The predicted octanol–water partition coefficient (Wildman–Crippen LogP) is 3.51. The monoisotopic (exact) mass is 214 g/mol. The fourth-order valence-electron chi connectivity index (χ4n) is 2.54. The van der Waals surface area contributed by atoms with Crippen LogP contribution in [0.5, 0.6) is 0 Å². The van der Waals surface area contributed by atoms with E-state index in [4.69, 9.17) is 0 Å². The van der Waals surface area contributed by atoms with Crippen LogP contribution in [0.3, 0.4) is 0 Å². The smallest absolute Gasteiger partial charge is 0.142 e. The Morgan fingerprint density at radius 3 is 2.94 bits per heavy atom. The molecule has 0 N–H and O–H groups in total. The lowest BCUT2D eigenvalue weighted by Crippen LogP contribution is -2.16. The van der Waals surface area contributed by atoms with Crippen molar-refractivity contribution in [2.75, 3.05) is 0 Å². The Bertz CT molecular complexity index is 431.